The normalized spacial score (nSPS) is 1.00. The molecule has 0 rings (SSSR count). The molecule has 0 aliphatic carbocycles. The maximum atomic E-state index is 7.00. The van der Waals surface area contributed by atoms with Gasteiger partial charge in [-0.2, -0.15) is 0 Å². The van der Waals surface area contributed by atoms with Gasteiger partial charge in [0.1, 0.15) is 0 Å². The Morgan fingerprint density at radius 1 is 0.833 bits per heavy atom. The second-order valence-electron chi connectivity index (χ2n) is 0. The van der Waals surface area contributed by atoms with Crippen molar-refractivity contribution in [3.05, 3.63) is 0 Å². The molecular weight excluding hydrogens is 106 g/mol. The van der Waals surface area contributed by atoms with E-state index < -0.39 is 0 Å². The molecule has 0 aliphatic rings. The number of hydrogen-bond acceptors (Lipinski definition) is 3. The van der Waals surface area contributed by atoms with E-state index in [1.807, 2.05) is 0 Å². The summed E-state index contributed by atoms with van der Waals surface area (Å²) in [7, 11) is 1.00. The predicted molar refractivity (Wildman–Crippen MR) is 12.0 cm³/mol. The fourth-order valence-electron chi connectivity index (χ4n) is 0. The van der Waals surface area contributed by atoms with Crippen molar-refractivity contribution in [3.8, 4) is 0 Å². The number of hydrogen-bond donors (Lipinski definition) is 1. The molecule has 0 aromatic carbocycles. The summed E-state index contributed by atoms with van der Waals surface area (Å²) in [5, 5.41) is 7.00. The molecule has 5 heteroatoms. The Labute approximate surface area is 81.3 Å². The number of aliphatic hydroxyl groups excluding tert-OH is 1. The Morgan fingerprint density at radius 3 is 0.833 bits per heavy atom. The summed E-state index contributed by atoms with van der Waals surface area (Å²) >= 11 is 0. The molecule has 0 heterocycles. The molecule has 0 fully saturated rings. The SMILES string of the molecule is CO.[Na+].[Na+].[OH-].[OH-]. The average molecular weight is 112 g/mol. The van der Waals surface area contributed by atoms with Crippen molar-refractivity contribution in [1.29, 1.82) is 0 Å². The molecule has 3 N–H and O–H groups in total. The second kappa shape index (κ2) is 67.3. The van der Waals surface area contributed by atoms with E-state index in [-0.39, 0.29) is 70.1 Å². The van der Waals surface area contributed by atoms with Gasteiger partial charge < -0.3 is 16.1 Å². The van der Waals surface area contributed by atoms with Crippen LogP contribution in [0.4, 0.5) is 0 Å². The molecule has 0 unspecified atom stereocenters. The molecule has 3 nitrogen and oxygen atoms in total. The summed E-state index contributed by atoms with van der Waals surface area (Å²) in [4.78, 5) is 0. The zero-order chi connectivity index (χ0) is 2.00. The van der Waals surface area contributed by atoms with E-state index in [4.69, 9.17) is 5.11 Å². The third-order valence-electron chi connectivity index (χ3n) is 0. The van der Waals surface area contributed by atoms with Crippen LogP contribution < -0.4 is 59.1 Å². The van der Waals surface area contributed by atoms with Crippen molar-refractivity contribution in [1.82, 2.24) is 0 Å². The zero-order valence-corrected chi connectivity index (χ0v) is 8.34. The average Bonchev–Trinajstić information content (AvgIpc) is 1.00. The van der Waals surface area contributed by atoms with Gasteiger partial charge in [0, 0.05) is 7.11 Å². The first-order valence-electron chi connectivity index (χ1n) is 0.447. The number of aliphatic hydroxyl groups is 1. The van der Waals surface area contributed by atoms with E-state index in [0.29, 0.717) is 0 Å². The minimum Gasteiger partial charge on any atom is -0.870 e. The molecule has 6 heavy (non-hydrogen) atoms. The quantitative estimate of drug-likeness (QED) is 0.316. The molecule has 0 saturated heterocycles. The summed E-state index contributed by atoms with van der Waals surface area (Å²) in [6, 6.07) is 0. The van der Waals surface area contributed by atoms with Crippen LogP contribution in [0.25, 0.3) is 0 Å². The summed E-state index contributed by atoms with van der Waals surface area (Å²) in [6.45, 7) is 0. The molecule has 30 valence electrons. The van der Waals surface area contributed by atoms with E-state index >= 15 is 0 Å². The zero-order valence-electron chi connectivity index (χ0n) is 4.34. The van der Waals surface area contributed by atoms with Crippen LogP contribution in [0.2, 0.25) is 0 Å². The van der Waals surface area contributed by atoms with Crippen LogP contribution in [0.15, 0.2) is 0 Å². The first kappa shape index (κ1) is 45.0. The van der Waals surface area contributed by atoms with Crippen molar-refractivity contribution in [2.45, 2.75) is 0 Å². The molecule has 0 aromatic rings. The van der Waals surface area contributed by atoms with E-state index in [2.05, 4.69) is 0 Å². The van der Waals surface area contributed by atoms with Crippen molar-refractivity contribution in [3.63, 3.8) is 0 Å². The van der Waals surface area contributed by atoms with Crippen molar-refractivity contribution in [2.24, 2.45) is 0 Å². The van der Waals surface area contributed by atoms with E-state index in [9.17, 15) is 0 Å². The van der Waals surface area contributed by atoms with Crippen LogP contribution >= 0.6 is 0 Å². The van der Waals surface area contributed by atoms with Crippen LogP contribution in [0, 0.1) is 0 Å². The van der Waals surface area contributed by atoms with E-state index in [1.54, 1.807) is 0 Å². The van der Waals surface area contributed by atoms with Gasteiger partial charge in [-0.3, -0.25) is 0 Å². The monoisotopic (exact) mass is 112 g/mol. The first-order valence-corrected chi connectivity index (χ1v) is 0.447. The van der Waals surface area contributed by atoms with E-state index in [0.717, 1.165) is 7.11 Å². The Hall–Kier alpha value is 1.88. The topological polar surface area (TPSA) is 80.2 Å². The van der Waals surface area contributed by atoms with E-state index in [1.165, 1.54) is 0 Å². The molecule has 0 amide bonds. The minimum absolute atomic E-state index is 0. The number of rotatable bonds is 0. The molecule has 0 aromatic heterocycles. The van der Waals surface area contributed by atoms with Gasteiger partial charge in [0.2, 0.25) is 0 Å². The van der Waals surface area contributed by atoms with Crippen LogP contribution in [0.5, 0.6) is 0 Å². The van der Waals surface area contributed by atoms with Crippen LogP contribution in [0.1, 0.15) is 0 Å². The standard InChI is InChI=1S/CH4O.2Na.2H2O/c1-2;;;;/h2H,1H3;;;2*1H2/q;2*+1;;/p-2. The van der Waals surface area contributed by atoms with Gasteiger partial charge in [-0.15, -0.1) is 0 Å². The van der Waals surface area contributed by atoms with Crippen molar-refractivity contribution < 1.29 is 75.2 Å². The summed E-state index contributed by atoms with van der Waals surface area (Å²) in [5.41, 5.74) is 0. The molecular formula is CH6Na2O3. The molecule has 0 spiro atoms. The Morgan fingerprint density at radius 2 is 0.833 bits per heavy atom. The largest absolute Gasteiger partial charge is 1.00 e. The van der Waals surface area contributed by atoms with Crippen LogP contribution in [-0.4, -0.2) is 23.2 Å². The van der Waals surface area contributed by atoms with Gasteiger partial charge in [0.25, 0.3) is 0 Å². The maximum absolute atomic E-state index is 7.00. The van der Waals surface area contributed by atoms with Gasteiger partial charge in [0.15, 0.2) is 0 Å². The van der Waals surface area contributed by atoms with Gasteiger partial charge in [0.05, 0.1) is 0 Å². The van der Waals surface area contributed by atoms with Crippen molar-refractivity contribution in [2.75, 3.05) is 7.11 Å². The smallest absolute Gasteiger partial charge is 0.870 e. The Bertz CT molecular complexity index is 8.75. The summed E-state index contributed by atoms with van der Waals surface area (Å²) in [5.74, 6) is 0. The molecule has 0 saturated carbocycles. The molecule has 0 bridgehead atoms. The molecule has 0 aliphatic heterocycles. The third-order valence-corrected chi connectivity index (χ3v) is 0. The van der Waals surface area contributed by atoms with Gasteiger partial charge in [-0.1, -0.05) is 0 Å². The molecule has 0 atom stereocenters. The summed E-state index contributed by atoms with van der Waals surface area (Å²) < 4.78 is 0. The Balaban J connectivity index is -0.000000000833. The fraction of sp³-hybridized carbons (Fsp3) is 1.00. The first-order chi connectivity index (χ1) is 1.00. The minimum atomic E-state index is 0. The van der Waals surface area contributed by atoms with Gasteiger partial charge in [-0.25, -0.2) is 0 Å². The van der Waals surface area contributed by atoms with Gasteiger partial charge in [-0.05, 0) is 0 Å². The summed E-state index contributed by atoms with van der Waals surface area (Å²) in [6.07, 6.45) is 0. The van der Waals surface area contributed by atoms with Gasteiger partial charge >= 0.3 is 59.1 Å². The second-order valence-corrected chi connectivity index (χ2v) is 0. The van der Waals surface area contributed by atoms with Crippen LogP contribution in [0.3, 0.4) is 0 Å². The van der Waals surface area contributed by atoms with Crippen molar-refractivity contribution >= 4 is 0 Å². The maximum Gasteiger partial charge on any atom is 1.00 e. The third kappa shape index (κ3) is 39.6. The van der Waals surface area contributed by atoms with Crippen LogP contribution in [-0.2, 0) is 0 Å². The predicted octanol–water partition coefficient (Wildman–Crippen LogP) is -6.74. The Kier molecular flexibility index (Phi) is 504. The molecule has 0 radical (unpaired) electrons. The fourth-order valence-corrected chi connectivity index (χ4v) is 0.